The molecule has 0 saturated heterocycles. The highest BCUT2D eigenvalue weighted by molar-refractivity contribution is 5.81. The van der Waals surface area contributed by atoms with Crippen molar-refractivity contribution in [3.63, 3.8) is 0 Å². The molecule has 0 aliphatic rings. The van der Waals surface area contributed by atoms with Crippen LogP contribution in [0, 0.1) is 0 Å². The predicted octanol–water partition coefficient (Wildman–Crippen LogP) is 1.04. The zero-order valence-corrected chi connectivity index (χ0v) is 10.9. The van der Waals surface area contributed by atoms with Crippen LogP contribution >= 0.6 is 0 Å². The Morgan fingerprint density at radius 1 is 1.31 bits per heavy atom. The second-order valence-corrected chi connectivity index (χ2v) is 4.39. The zero-order valence-electron chi connectivity index (χ0n) is 10.9. The van der Waals surface area contributed by atoms with E-state index in [2.05, 4.69) is 10.6 Å². The topological polar surface area (TPSA) is 61.4 Å². The van der Waals surface area contributed by atoms with Crippen molar-refractivity contribution < 1.29 is 9.90 Å². The van der Waals surface area contributed by atoms with Gasteiger partial charge in [-0.15, -0.1) is 0 Å². The number of aliphatic hydroxyl groups is 1. The Morgan fingerprint density at radius 3 is 2.44 bits per heavy atom. The molecule has 0 aromatic rings. The number of carbonyl (C=O) groups excluding carboxylic acids is 1. The Balaban J connectivity index is 3.78. The molecular formula is C12H26N2O2. The monoisotopic (exact) mass is 230 g/mol. The number of carbonyl (C=O) groups is 1. The van der Waals surface area contributed by atoms with Crippen molar-refractivity contribution in [1.82, 2.24) is 10.6 Å². The summed E-state index contributed by atoms with van der Waals surface area (Å²) in [6, 6.07) is -0.0437. The van der Waals surface area contributed by atoms with E-state index in [0.717, 1.165) is 19.3 Å². The maximum absolute atomic E-state index is 11.6. The molecule has 0 saturated carbocycles. The predicted molar refractivity (Wildman–Crippen MR) is 66.3 cm³/mol. The minimum atomic E-state index is -0.358. The van der Waals surface area contributed by atoms with Crippen molar-refractivity contribution in [3.05, 3.63) is 0 Å². The lowest BCUT2D eigenvalue weighted by atomic mass is 10.2. The van der Waals surface area contributed by atoms with Crippen LogP contribution in [-0.2, 0) is 4.79 Å². The van der Waals surface area contributed by atoms with Crippen molar-refractivity contribution in [2.75, 3.05) is 6.54 Å². The first kappa shape index (κ1) is 15.4. The summed E-state index contributed by atoms with van der Waals surface area (Å²) in [7, 11) is 0. The van der Waals surface area contributed by atoms with Gasteiger partial charge in [0.05, 0.1) is 12.1 Å². The van der Waals surface area contributed by atoms with Gasteiger partial charge in [-0.25, -0.2) is 0 Å². The highest BCUT2D eigenvalue weighted by Crippen LogP contribution is 1.95. The van der Waals surface area contributed by atoms with Crippen LogP contribution in [0.3, 0.4) is 0 Å². The lowest BCUT2D eigenvalue weighted by Gasteiger charge is -2.19. The van der Waals surface area contributed by atoms with E-state index in [1.165, 1.54) is 0 Å². The van der Waals surface area contributed by atoms with Gasteiger partial charge in [-0.2, -0.15) is 0 Å². The molecule has 0 rings (SSSR count). The van der Waals surface area contributed by atoms with Gasteiger partial charge >= 0.3 is 0 Å². The van der Waals surface area contributed by atoms with Crippen LogP contribution in [0.1, 0.15) is 47.0 Å². The van der Waals surface area contributed by atoms with E-state index < -0.39 is 0 Å². The van der Waals surface area contributed by atoms with Gasteiger partial charge in [0.2, 0.25) is 5.91 Å². The minimum absolute atomic E-state index is 0.00181. The summed E-state index contributed by atoms with van der Waals surface area (Å²) in [5.41, 5.74) is 0. The van der Waals surface area contributed by atoms with E-state index in [1.54, 1.807) is 0 Å². The van der Waals surface area contributed by atoms with E-state index in [9.17, 15) is 9.90 Å². The molecule has 16 heavy (non-hydrogen) atoms. The van der Waals surface area contributed by atoms with Crippen LogP contribution in [0.2, 0.25) is 0 Å². The van der Waals surface area contributed by atoms with E-state index in [1.807, 2.05) is 27.7 Å². The number of amides is 1. The molecule has 0 aromatic carbocycles. The zero-order chi connectivity index (χ0) is 12.6. The third-order valence-corrected chi connectivity index (χ3v) is 2.68. The third kappa shape index (κ3) is 6.80. The molecule has 0 heterocycles. The summed E-state index contributed by atoms with van der Waals surface area (Å²) >= 11 is 0. The van der Waals surface area contributed by atoms with Gasteiger partial charge in [-0.1, -0.05) is 20.3 Å². The summed E-state index contributed by atoms with van der Waals surface area (Å²) in [6.45, 7) is 8.34. The lowest BCUT2D eigenvalue weighted by Crippen LogP contribution is -2.47. The highest BCUT2D eigenvalue weighted by atomic mass is 16.3. The average molecular weight is 230 g/mol. The van der Waals surface area contributed by atoms with Crippen LogP contribution in [-0.4, -0.2) is 35.7 Å². The Kier molecular flexibility index (Phi) is 8.21. The number of aliphatic hydroxyl groups excluding tert-OH is 1. The normalized spacial score (nSPS) is 16.6. The fourth-order valence-electron chi connectivity index (χ4n) is 1.31. The summed E-state index contributed by atoms with van der Waals surface area (Å²) in [5.74, 6) is -0.00181. The number of nitrogens with one attached hydrogen (secondary N) is 2. The maximum Gasteiger partial charge on any atom is 0.237 e. The molecule has 96 valence electrons. The number of rotatable bonds is 8. The van der Waals surface area contributed by atoms with Gasteiger partial charge < -0.3 is 15.7 Å². The first-order chi connectivity index (χ1) is 7.51. The first-order valence-corrected chi connectivity index (χ1v) is 6.23. The molecule has 0 radical (unpaired) electrons. The van der Waals surface area contributed by atoms with E-state index in [-0.39, 0.29) is 24.1 Å². The van der Waals surface area contributed by atoms with Crippen molar-refractivity contribution in [2.24, 2.45) is 0 Å². The fraction of sp³-hybridized carbons (Fsp3) is 0.917. The Labute approximate surface area is 98.8 Å². The third-order valence-electron chi connectivity index (χ3n) is 2.68. The highest BCUT2D eigenvalue weighted by Gasteiger charge is 2.14. The Morgan fingerprint density at radius 2 is 1.94 bits per heavy atom. The van der Waals surface area contributed by atoms with E-state index in [4.69, 9.17) is 0 Å². The number of hydrogen-bond acceptors (Lipinski definition) is 3. The van der Waals surface area contributed by atoms with Crippen molar-refractivity contribution in [2.45, 2.75) is 65.1 Å². The van der Waals surface area contributed by atoms with Crippen LogP contribution < -0.4 is 10.6 Å². The molecule has 0 aliphatic heterocycles. The average Bonchev–Trinajstić information content (AvgIpc) is 2.25. The first-order valence-electron chi connectivity index (χ1n) is 6.23. The molecule has 0 aliphatic carbocycles. The van der Waals surface area contributed by atoms with Gasteiger partial charge in [-0.05, 0) is 26.7 Å². The molecule has 0 bridgehead atoms. The van der Waals surface area contributed by atoms with Gasteiger partial charge in [0.25, 0.3) is 0 Å². The van der Waals surface area contributed by atoms with Crippen LogP contribution in [0.5, 0.6) is 0 Å². The van der Waals surface area contributed by atoms with Gasteiger partial charge in [0.1, 0.15) is 0 Å². The molecule has 3 N–H and O–H groups in total. The summed E-state index contributed by atoms with van der Waals surface area (Å²) < 4.78 is 0. The smallest absolute Gasteiger partial charge is 0.237 e. The second kappa shape index (κ2) is 8.53. The number of hydrogen-bond donors (Lipinski definition) is 3. The van der Waals surface area contributed by atoms with Crippen LogP contribution in [0.25, 0.3) is 0 Å². The van der Waals surface area contributed by atoms with E-state index >= 15 is 0 Å². The summed E-state index contributed by atoms with van der Waals surface area (Å²) in [4.78, 5) is 11.6. The Hall–Kier alpha value is -0.610. The Bertz CT molecular complexity index is 197. The maximum atomic E-state index is 11.6. The molecular weight excluding hydrogens is 204 g/mol. The second-order valence-electron chi connectivity index (χ2n) is 4.39. The standard InChI is InChI=1S/C12H26N2O2/c1-5-7-11(15)8-13-10(4)12(16)14-9(3)6-2/h9-11,13,15H,5-8H2,1-4H3,(H,14,16). The molecule has 1 amide bonds. The minimum Gasteiger partial charge on any atom is -0.392 e. The fourth-order valence-corrected chi connectivity index (χ4v) is 1.31. The quantitative estimate of drug-likeness (QED) is 0.584. The van der Waals surface area contributed by atoms with Crippen LogP contribution in [0.15, 0.2) is 0 Å². The van der Waals surface area contributed by atoms with E-state index in [0.29, 0.717) is 6.54 Å². The molecule has 0 fully saturated rings. The SMILES string of the molecule is CCCC(O)CNC(C)C(=O)NC(C)CC. The molecule has 4 nitrogen and oxygen atoms in total. The summed E-state index contributed by atoms with van der Waals surface area (Å²) in [6.07, 6.45) is 2.30. The molecule has 0 spiro atoms. The molecule has 0 aromatic heterocycles. The van der Waals surface area contributed by atoms with Crippen LogP contribution in [0.4, 0.5) is 0 Å². The van der Waals surface area contributed by atoms with Gasteiger partial charge in [0, 0.05) is 12.6 Å². The molecule has 4 heteroatoms. The van der Waals surface area contributed by atoms with Crippen molar-refractivity contribution in [3.8, 4) is 0 Å². The molecule has 3 unspecified atom stereocenters. The molecule has 3 atom stereocenters. The van der Waals surface area contributed by atoms with Gasteiger partial charge in [-0.3, -0.25) is 4.79 Å². The summed E-state index contributed by atoms with van der Waals surface area (Å²) in [5, 5.41) is 15.5. The van der Waals surface area contributed by atoms with Crippen molar-refractivity contribution in [1.29, 1.82) is 0 Å². The lowest BCUT2D eigenvalue weighted by molar-refractivity contribution is -0.123. The van der Waals surface area contributed by atoms with Crippen molar-refractivity contribution >= 4 is 5.91 Å². The largest absolute Gasteiger partial charge is 0.392 e. The van der Waals surface area contributed by atoms with Gasteiger partial charge in [0.15, 0.2) is 0 Å².